The van der Waals surface area contributed by atoms with Crippen LogP contribution in [-0.2, 0) is 14.8 Å². The summed E-state index contributed by atoms with van der Waals surface area (Å²) in [6.07, 6.45) is 0.503. The summed E-state index contributed by atoms with van der Waals surface area (Å²) in [5.41, 5.74) is 3.84. The second-order valence-corrected chi connectivity index (χ2v) is 9.92. The van der Waals surface area contributed by atoms with Crippen molar-refractivity contribution in [3.05, 3.63) is 83.4 Å². The molecule has 1 amide bonds. The first-order valence-electron chi connectivity index (χ1n) is 11.0. The van der Waals surface area contributed by atoms with Crippen LogP contribution in [0.3, 0.4) is 0 Å². The zero-order chi connectivity index (χ0) is 25.2. The van der Waals surface area contributed by atoms with Crippen molar-refractivity contribution >= 4 is 27.3 Å². The maximum absolute atomic E-state index is 12.7. The summed E-state index contributed by atoms with van der Waals surface area (Å²) in [7, 11) is -0.564. The zero-order valence-electron chi connectivity index (χ0n) is 20.0. The summed E-state index contributed by atoms with van der Waals surface area (Å²) in [4.78, 5) is 12.5. The van der Waals surface area contributed by atoms with Crippen LogP contribution in [0, 0.1) is 6.92 Å². The molecule has 1 heterocycles. The molecule has 0 radical (unpaired) electrons. The van der Waals surface area contributed by atoms with E-state index >= 15 is 0 Å². The van der Waals surface area contributed by atoms with Crippen molar-refractivity contribution < 1.29 is 22.7 Å². The third-order valence-corrected chi connectivity index (χ3v) is 7.23. The van der Waals surface area contributed by atoms with Gasteiger partial charge in [-0.15, -0.1) is 0 Å². The quantitative estimate of drug-likeness (QED) is 0.522. The Morgan fingerprint density at radius 1 is 0.971 bits per heavy atom. The van der Waals surface area contributed by atoms with E-state index in [1.54, 1.807) is 68.8 Å². The number of nitrogens with one attached hydrogen (secondary N) is 1. The van der Waals surface area contributed by atoms with Crippen LogP contribution in [0.4, 0.5) is 5.69 Å². The largest absolute Gasteiger partial charge is 0.493 e. The molecule has 9 heteroatoms. The number of amides is 1. The zero-order valence-corrected chi connectivity index (χ0v) is 20.8. The number of nitrogens with zero attached hydrogens (tertiary/aromatic N) is 2. The molecule has 0 spiro atoms. The van der Waals surface area contributed by atoms with Gasteiger partial charge in [-0.2, -0.15) is 5.10 Å². The SMILES string of the molecule is COc1ccc(C2=NN(C(C)=O)C(c3ccc(NS(=O)(=O)c4ccc(C)cc4)cc3)C2)cc1OC. The van der Waals surface area contributed by atoms with Crippen LogP contribution < -0.4 is 14.2 Å². The van der Waals surface area contributed by atoms with Crippen molar-refractivity contribution in [2.24, 2.45) is 5.10 Å². The number of hydrogen-bond donors (Lipinski definition) is 1. The highest BCUT2D eigenvalue weighted by Crippen LogP contribution is 2.35. The van der Waals surface area contributed by atoms with Gasteiger partial charge in [-0.3, -0.25) is 9.52 Å². The Hall–Kier alpha value is -3.85. The Labute approximate surface area is 205 Å². The van der Waals surface area contributed by atoms with Crippen LogP contribution in [0.5, 0.6) is 11.5 Å². The Balaban J connectivity index is 1.55. The van der Waals surface area contributed by atoms with E-state index in [0.717, 1.165) is 22.4 Å². The second kappa shape index (κ2) is 9.79. The lowest BCUT2D eigenvalue weighted by atomic mass is 9.98. The molecule has 35 heavy (non-hydrogen) atoms. The number of carbonyl (C=O) groups excluding carboxylic acids is 1. The lowest BCUT2D eigenvalue weighted by Gasteiger charge is -2.20. The number of sulfonamides is 1. The molecule has 1 aliphatic heterocycles. The van der Waals surface area contributed by atoms with Crippen molar-refractivity contribution in [1.29, 1.82) is 0 Å². The first kappa shape index (κ1) is 24.3. The standard InChI is InChI=1S/C26H27N3O5S/c1-17-5-12-22(13-6-17)35(31,32)28-21-10-7-19(8-11-21)24-16-23(27-29(24)18(2)30)20-9-14-25(33-3)26(15-20)34-4/h5-15,24,28H,16H2,1-4H3. The number of aryl methyl sites for hydroxylation is 1. The van der Waals surface area contributed by atoms with Gasteiger partial charge < -0.3 is 9.47 Å². The van der Waals surface area contributed by atoms with Crippen LogP contribution in [0.2, 0.25) is 0 Å². The van der Waals surface area contributed by atoms with Crippen molar-refractivity contribution in [3.63, 3.8) is 0 Å². The predicted octanol–water partition coefficient (Wildman–Crippen LogP) is 4.51. The minimum Gasteiger partial charge on any atom is -0.493 e. The normalized spacial score (nSPS) is 15.5. The number of methoxy groups -OCH3 is 2. The van der Waals surface area contributed by atoms with Crippen molar-refractivity contribution in [1.82, 2.24) is 5.01 Å². The van der Waals surface area contributed by atoms with Crippen LogP contribution in [-0.4, -0.2) is 39.3 Å². The molecule has 182 valence electrons. The van der Waals surface area contributed by atoms with Crippen LogP contribution in [0.25, 0.3) is 0 Å². The van der Waals surface area contributed by atoms with E-state index in [0.29, 0.717) is 23.6 Å². The third kappa shape index (κ3) is 5.14. The summed E-state index contributed by atoms with van der Waals surface area (Å²) >= 11 is 0. The lowest BCUT2D eigenvalue weighted by molar-refractivity contribution is -0.130. The number of ether oxygens (including phenoxy) is 2. The van der Waals surface area contributed by atoms with Crippen molar-refractivity contribution in [3.8, 4) is 11.5 Å². The van der Waals surface area contributed by atoms with Gasteiger partial charge in [0.2, 0.25) is 5.91 Å². The molecular formula is C26H27N3O5S. The number of carbonyl (C=O) groups is 1. The fraction of sp³-hybridized carbons (Fsp3) is 0.231. The fourth-order valence-electron chi connectivity index (χ4n) is 3.96. The van der Waals surface area contributed by atoms with E-state index in [2.05, 4.69) is 9.82 Å². The maximum Gasteiger partial charge on any atom is 0.261 e. The number of hydrogen-bond acceptors (Lipinski definition) is 6. The van der Waals surface area contributed by atoms with Gasteiger partial charge in [-0.1, -0.05) is 29.8 Å². The third-order valence-electron chi connectivity index (χ3n) is 5.83. The molecule has 0 fully saturated rings. The lowest BCUT2D eigenvalue weighted by Crippen LogP contribution is -2.24. The fourth-order valence-corrected chi connectivity index (χ4v) is 5.01. The van der Waals surface area contributed by atoms with E-state index < -0.39 is 10.0 Å². The topological polar surface area (TPSA) is 97.3 Å². The van der Waals surface area contributed by atoms with E-state index in [9.17, 15) is 13.2 Å². The molecule has 1 N–H and O–H groups in total. The molecule has 0 bridgehead atoms. The summed E-state index contributed by atoms with van der Waals surface area (Å²) in [6, 6.07) is 18.8. The molecule has 0 aliphatic carbocycles. The minimum atomic E-state index is -3.70. The van der Waals surface area contributed by atoms with Gasteiger partial charge in [-0.25, -0.2) is 13.4 Å². The number of hydrazone groups is 1. The summed E-state index contributed by atoms with van der Waals surface area (Å²) in [6.45, 7) is 3.37. The van der Waals surface area contributed by atoms with Crippen LogP contribution in [0.1, 0.15) is 36.1 Å². The molecule has 0 aromatic heterocycles. The Bertz CT molecular complexity index is 1370. The average molecular weight is 494 g/mol. The van der Waals surface area contributed by atoms with Gasteiger partial charge in [0.05, 0.1) is 30.9 Å². The van der Waals surface area contributed by atoms with E-state index in [1.165, 1.54) is 11.9 Å². The molecular weight excluding hydrogens is 466 g/mol. The number of rotatable bonds is 7. The van der Waals surface area contributed by atoms with Gasteiger partial charge in [0, 0.05) is 24.6 Å². The maximum atomic E-state index is 12.7. The Morgan fingerprint density at radius 3 is 2.23 bits per heavy atom. The highest BCUT2D eigenvalue weighted by molar-refractivity contribution is 7.92. The highest BCUT2D eigenvalue weighted by Gasteiger charge is 2.31. The molecule has 8 nitrogen and oxygen atoms in total. The molecule has 4 rings (SSSR count). The second-order valence-electron chi connectivity index (χ2n) is 8.24. The molecule has 1 atom stereocenters. The van der Waals surface area contributed by atoms with Crippen LogP contribution in [0.15, 0.2) is 76.7 Å². The van der Waals surface area contributed by atoms with Crippen LogP contribution >= 0.6 is 0 Å². The van der Waals surface area contributed by atoms with Gasteiger partial charge in [0.1, 0.15) is 0 Å². The molecule has 0 saturated carbocycles. The molecule has 1 unspecified atom stereocenters. The number of anilines is 1. The van der Waals surface area contributed by atoms with Gasteiger partial charge in [0.25, 0.3) is 10.0 Å². The summed E-state index contributed by atoms with van der Waals surface area (Å²) in [5.74, 6) is 1.00. The van der Waals surface area contributed by atoms with Gasteiger partial charge in [-0.05, 0) is 55.0 Å². The first-order valence-corrected chi connectivity index (χ1v) is 12.5. The van der Waals surface area contributed by atoms with Gasteiger partial charge >= 0.3 is 0 Å². The monoisotopic (exact) mass is 493 g/mol. The Kier molecular flexibility index (Phi) is 6.79. The molecule has 3 aromatic carbocycles. The van der Waals surface area contributed by atoms with Crippen molar-refractivity contribution in [2.75, 3.05) is 18.9 Å². The first-order chi connectivity index (χ1) is 16.7. The summed E-state index contributed by atoms with van der Waals surface area (Å²) in [5, 5.41) is 6.02. The smallest absolute Gasteiger partial charge is 0.261 e. The average Bonchev–Trinajstić information content (AvgIpc) is 3.30. The van der Waals surface area contributed by atoms with E-state index in [1.807, 2.05) is 19.1 Å². The van der Waals surface area contributed by atoms with E-state index in [-0.39, 0.29) is 16.8 Å². The summed E-state index contributed by atoms with van der Waals surface area (Å²) < 4.78 is 38.7. The predicted molar refractivity (Wildman–Crippen MR) is 134 cm³/mol. The highest BCUT2D eigenvalue weighted by atomic mass is 32.2. The minimum absolute atomic E-state index is 0.186. The molecule has 0 saturated heterocycles. The van der Waals surface area contributed by atoms with Crippen molar-refractivity contribution in [2.45, 2.75) is 31.2 Å². The number of benzene rings is 3. The van der Waals surface area contributed by atoms with E-state index in [4.69, 9.17) is 9.47 Å². The molecule has 1 aliphatic rings. The van der Waals surface area contributed by atoms with Gasteiger partial charge in [0.15, 0.2) is 11.5 Å². The molecule has 3 aromatic rings. The Morgan fingerprint density at radius 2 is 1.63 bits per heavy atom.